The van der Waals surface area contributed by atoms with Crippen LogP contribution in [0, 0.1) is 0 Å². The highest BCUT2D eigenvalue weighted by Crippen LogP contribution is 2.31. The fourth-order valence-corrected chi connectivity index (χ4v) is 1.27. The van der Waals surface area contributed by atoms with Crippen molar-refractivity contribution in [1.82, 2.24) is 0 Å². The summed E-state index contributed by atoms with van der Waals surface area (Å²) >= 11 is 13.0. The van der Waals surface area contributed by atoms with Gasteiger partial charge in [0.25, 0.3) is 0 Å². The molecule has 0 heterocycles. The molecule has 14 heavy (non-hydrogen) atoms. The zero-order chi connectivity index (χ0) is 9.84. The fourth-order valence-electron chi connectivity index (χ4n) is 0.743. The van der Waals surface area contributed by atoms with E-state index in [0.29, 0.717) is 20.9 Å². The summed E-state index contributed by atoms with van der Waals surface area (Å²) in [5, 5.41) is 1.38. The number of benzene rings is 1. The number of rotatable bonds is 1. The molecule has 0 spiro atoms. The highest BCUT2D eigenvalue weighted by molar-refractivity contribution is 14.0. The molecule has 6 heteroatoms. The first-order valence-electron chi connectivity index (χ1n) is 3.47. The molecule has 1 aromatic rings. The maximum absolute atomic E-state index is 5.89. The Kier molecular flexibility index (Phi) is 6.93. The van der Waals surface area contributed by atoms with Crippen LogP contribution < -0.4 is 5.73 Å². The molecule has 0 aromatic heterocycles. The van der Waals surface area contributed by atoms with Crippen molar-refractivity contribution in [3.8, 4) is 0 Å². The molecule has 0 aliphatic heterocycles. The predicted octanol–water partition coefficient (Wildman–Crippen LogP) is 3.92. The molecule has 0 aliphatic rings. The van der Waals surface area contributed by atoms with Crippen LogP contribution in [-0.4, -0.2) is 11.4 Å². The number of nitrogens with two attached hydrogens (primary N) is 1. The SMILES string of the molecule is CSC(N)=Nc1cccc(Cl)c1Cl.I. The Labute approximate surface area is 114 Å². The first-order valence-corrected chi connectivity index (χ1v) is 5.45. The van der Waals surface area contributed by atoms with Gasteiger partial charge in [-0.25, -0.2) is 4.99 Å². The summed E-state index contributed by atoms with van der Waals surface area (Å²) in [6, 6.07) is 5.25. The van der Waals surface area contributed by atoms with E-state index in [1.165, 1.54) is 11.8 Å². The van der Waals surface area contributed by atoms with Gasteiger partial charge in [0.15, 0.2) is 5.17 Å². The van der Waals surface area contributed by atoms with Crippen molar-refractivity contribution in [2.75, 3.05) is 6.26 Å². The Bertz CT molecular complexity index is 344. The minimum Gasteiger partial charge on any atom is -0.378 e. The van der Waals surface area contributed by atoms with Crippen molar-refractivity contribution < 1.29 is 0 Å². The van der Waals surface area contributed by atoms with Gasteiger partial charge >= 0.3 is 0 Å². The zero-order valence-corrected chi connectivity index (χ0v) is 12.0. The van der Waals surface area contributed by atoms with Crippen molar-refractivity contribution in [2.45, 2.75) is 0 Å². The fraction of sp³-hybridized carbons (Fsp3) is 0.125. The molecule has 0 radical (unpaired) electrons. The molecule has 78 valence electrons. The first-order chi connectivity index (χ1) is 6.15. The molecule has 2 N–H and O–H groups in total. The second kappa shape index (κ2) is 6.76. The van der Waals surface area contributed by atoms with Gasteiger partial charge in [0.2, 0.25) is 0 Å². The lowest BCUT2D eigenvalue weighted by Gasteiger charge is -2.00. The average Bonchev–Trinajstić information content (AvgIpc) is 2.13. The lowest BCUT2D eigenvalue weighted by Crippen LogP contribution is -2.04. The van der Waals surface area contributed by atoms with Crippen LogP contribution in [-0.2, 0) is 0 Å². The third-order valence-electron chi connectivity index (χ3n) is 1.37. The second-order valence-electron chi connectivity index (χ2n) is 2.23. The van der Waals surface area contributed by atoms with E-state index < -0.39 is 0 Å². The number of hydrogen-bond donors (Lipinski definition) is 1. The molecule has 0 unspecified atom stereocenters. The number of thioether (sulfide) groups is 1. The largest absolute Gasteiger partial charge is 0.378 e. The van der Waals surface area contributed by atoms with Gasteiger partial charge in [-0.3, -0.25) is 0 Å². The van der Waals surface area contributed by atoms with Gasteiger partial charge in [-0.05, 0) is 18.4 Å². The molecule has 0 bridgehead atoms. The molecule has 1 aromatic carbocycles. The van der Waals surface area contributed by atoms with Crippen LogP contribution in [0.5, 0.6) is 0 Å². The Morgan fingerprint density at radius 3 is 2.64 bits per heavy atom. The van der Waals surface area contributed by atoms with Crippen LogP contribution in [0.2, 0.25) is 10.0 Å². The summed E-state index contributed by atoms with van der Waals surface area (Å²) in [6.07, 6.45) is 1.84. The summed E-state index contributed by atoms with van der Waals surface area (Å²) < 4.78 is 0. The Morgan fingerprint density at radius 2 is 2.07 bits per heavy atom. The van der Waals surface area contributed by atoms with E-state index in [9.17, 15) is 0 Å². The minimum atomic E-state index is 0. The lowest BCUT2D eigenvalue weighted by molar-refractivity contribution is 1.51. The van der Waals surface area contributed by atoms with Crippen LogP contribution in [0.1, 0.15) is 0 Å². The van der Waals surface area contributed by atoms with Crippen molar-refractivity contribution in [1.29, 1.82) is 0 Å². The van der Waals surface area contributed by atoms with Crippen molar-refractivity contribution >= 4 is 69.8 Å². The third kappa shape index (κ3) is 3.84. The van der Waals surface area contributed by atoms with E-state index in [2.05, 4.69) is 4.99 Å². The van der Waals surface area contributed by atoms with Crippen LogP contribution in [0.25, 0.3) is 0 Å². The van der Waals surface area contributed by atoms with Crippen LogP contribution in [0.3, 0.4) is 0 Å². The first kappa shape index (κ1) is 14.3. The topological polar surface area (TPSA) is 38.4 Å². The van der Waals surface area contributed by atoms with Crippen molar-refractivity contribution in [2.24, 2.45) is 10.7 Å². The van der Waals surface area contributed by atoms with Crippen molar-refractivity contribution in [3.05, 3.63) is 28.2 Å². The normalized spacial score (nSPS) is 10.9. The predicted molar refractivity (Wildman–Crippen MR) is 76.7 cm³/mol. The zero-order valence-electron chi connectivity index (χ0n) is 7.33. The van der Waals surface area contributed by atoms with Gasteiger partial charge in [-0.15, -0.1) is 24.0 Å². The second-order valence-corrected chi connectivity index (χ2v) is 3.84. The summed E-state index contributed by atoms with van der Waals surface area (Å²) in [6.45, 7) is 0. The third-order valence-corrected chi connectivity index (χ3v) is 2.69. The Morgan fingerprint density at radius 1 is 1.43 bits per heavy atom. The van der Waals surface area contributed by atoms with Gasteiger partial charge in [0, 0.05) is 0 Å². The molecule has 0 amide bonds. The van der Waals surface area contributed by atoms with Gasteiger partial charge in [0.1, 0.15) is 0 Å². The maximum atomic E-state index is 5.89. The van der Waals surface area contributed by atoms with Gasteiger partial charge < -0.3 is 5.73 Å². The number of hydrogen-bond acceptors (Lipinski definition) is 2. The summed E-state index contributed by atoms with van der Waals surface area (Å²) in [5.41, 5.74) is 6.13. The van der Waals surface area contributed by atoms with E-state index in [4.69, 9.17) is 28.9 Å². The highest BCUT2D eigenvalue weighted by Gasteiger charge is 2.02. The summed E-state index contributed by atoms with van der Waals surface area (Å²) in [7, 11) is 0. The number of amidine groups is 1. The van der Waals surface area contributed by atoms with E-state index in [0.717, 1.165) is 0 Å². The summed E-state index contributed by atoms with van der Waals surface area (Å²) in [4.78, 5) is 4.08. The minimum absolute atomic E-state index is 0. The maximum Gasteiger partial charge on any atom is 0.158 e. The van der Waals surface area contributed by atoms with E-state index >= 15 is 0 Å². The quantitative estimate of drug-likeness (QED) is 0.467. The van der Waals surface area contributed by atoms with Gasteiger partial charge in [-0.2, -0.15) is 0 Å². The molecular formula is C8H9Cl2IN2S. The highest BCUT2D eigenvalue weighted by atomic mass is 127. The molecule has 1 rings (SSSR count). The van der Waals surface area contributed by atoms with Crippen LogP contribution in [0.15, 0.2) is 23.2 Å². The van der Waals surface area contributed by atoms with Crippen molar-refractivity contribution in [3.63, 3.8) is 0 Å². The lowest BCUT2D eigenvalue weighted by atomic mass is 10.3. The molecule has 0 aliphatic carbocycles. The molecule has 0 fully saturated rings. The van der Waals surface area contributed by atoms with Crippen LogP contribution in [0.4, 0.5) is 5.69 Å². The number of nitrogens with zero attached hydrogens (tertiary/aromatic N) is 1. The molecule has 0 saturated carbocycles. The number of aliphatic imine (C=N–C) groups is 1. The van der Waals surface area contributed by atoms with E-state index in [1.807, 2.05) is 6.26 Å². The van der Waals surface area contributed by atoms with E-state index in [-0.39, 0.29) is 24.0 Å². The molecule has 0 saturated heterocycles. The molecule has 2 nitrogen and oxygen atoms in total. The number of halogens is 3. The Hall–Kier alpha value is 0.350. The van der Waals surface area contributed by atoms with Gasteiger partial charge in [0.05, 0.1) is 15.7 Å². The Balaban J connectivity index is 0.00000169. The van der Waals surface area contributed by atoms with Gasteiger partial charge in [-0.1, -0.05) is 41.0 Å². The van der Waals surface area contributed by atoms with E-state index in [1.54, 1.807) is 18.2 Å². The summed E-state index contributed by atoms with van der Waals surface area (Å²) in [5.74, 6) is 0. The molecular weight excluding hydrogens is 354 g/mol. The smallest absolute Gasteiger partial charge is 0.158 e. The average molecular weight is 363 g/mol. The monoisotopic (exact) mass is 362 g/mol. The molecule has 0 atom stereocenters. The van der Waals surface area contributed by atoms with Crippen LogP contribution >= 0.6 is 58.9 Å². The standard InChI is InChI=1S/C8H8Cl2N2S.HI/c1-13-8(11)12-6-4-2-3-5(9)7(6)10;/h2-4H,1H3,(H2,11,12);1H.